The zero-order chi connectivity index (χ0) is 12.4. The summed E-state index contributed by atoms with van der Waals surface area (Å²) in [7, 11) is 0. The number of rotatable bonds is 3. The fourth-order valence-electron chi connectivity index (χ4n) is 2.75. The summed E-state index contributed by atoms with van der Waals surface area (Å²) in [5, 5.41) is 3.57. The zero-order valence-electron chi connectivity index (χ0n) is 10.5. The first kappa shape index (κ1) is 12.2. The highest BCUT2D eigenvalue weighted by Gasteiger charge is 2.19. The van der Waals surface area contributed by atoms with E-state index in [9.17, 15) is 0 Å². The van der Waals surface area contributed by atoms with Gasteiger partial charge < -0.3 is 10.5 Å². The van der Waals surface area contributed by atoms with Crippen molar-refractivity contribution in [2.45, 2.75) is 25.3 Å². The van der Waals surface area contributed by atoms with Gasteiger partial charge >= 0.3 is 0 Å². The highest BCUT2D eigenvalue weighted by atomic mass is 32.1. The van der Waals surface area contributed by atoms with Gasteiger partial charge in [-0.25, -0.2) is 0 Å². The normalized spacial score (nSPS) is 19.2. The van der Waals surface area contributed by atoms with E-state index in [2.05, 4.69) is 29.6 Å². The maximum Gasteiger partial charge on any atom is 0.0468 e. The van der Waals surface area contributed by atoms with E-state index in [0.717, 1.165) is 38.4 Å². The Kier molecular flexibility index (Phi) is 3.64. The fraction of sp³-hybridized carbons (Fsp3) is 0.467. The smallest absolute Gasteiger partial charge is 0.0468 e. The van der Waals surface area contributed by atoms with Crippen molar-refractivity contribution in [1.82, 2.24) is 0 Å². The molecule has 0 saturated carbocycles. The highest BCUT2D eigenvalue weighted by Crippen LogP contribution is 2.33. The van der Waals surface area contributed by atoms with Crippen LogP contribution in [-0.2, 0) is 4.74 Å². The average molecular weight is 261 g/mol. The molecule has 0 bridgehead atoms. The molecule has 0 amide bonds. The third-order valence-corrected chi connectivity index (χ3v) is 4.82. The Morgan fingerprint density at radius 2 is 2.06 bits per heavy atom. The molecule has 1 aliphatic rings. The van der Waals surface area contributed by atoms with Gasteiger partial charge in [-0.05, 0) is 47.6 Å². The van der Waals surface area contributed by atoms with Crippen LogP contribution in [0.15, 0.2) is 29.6 Å². The monoisotopic (exact) mass is 261 g/mol. The molecule has 2 N–H and O–H groups in total. The molecule has 1 saturated heterocycles. The summed E-state index contributed by atoms with van der Waals surface area (Å²) in [5.74, 6) is 0.729. The van der Waals surface area contributed by atoms with Crippen molar-refractivity contribution < 1.29 is 4.74 Å². The van der Waals surface area contributed by atoms with Gasteiger partial charge in [-0.15, -0.1) is 11.3 Å². The predicted molar refractivity (Wildman–Crippen MR) is 76.9 cm³/mol. The van der Waals surface area contributed by atoms with Crippen molar-refractivity contribution in [2.24, 2.45) is 11.7 Å². The largest absolute Gasteiger partial charge is 0.381 e. The molecule has 96 valence electrons. The van der Waals surface area contributed by atoms with E-state index in [1.807, 2.05) is 0 Å². The van der Waals surface area contributed by atoms with Crippen molar-refractivity contribution in [3.05, 3.63) is 35.2 Å². The number of fused-ring (bicyclic) bond motifs is 1. The third kappa shape index (κ3) is 2.44. The number of benzene rings is 1. The molecule has 3 rings (SSSR count). The fourth-order valence-corrected chi connectivity index (χ4v) is 3.78. The molecule has 2 nitrogen and oxygen atoms in total. The van der Waals surface area contributed by atoms with Crippen LogP contribution in [0.3, 0.4) is 0 Å². The van der Waals surface area contributed by atoms with Crippen LogP contribution >= 0.6 is 11.3 Å². The predicted octanol–water partition coefficient (Wildman–Crippen LogP) is 3.72. The maximum atomic E-state index is 6.40. The molecule has 1 aliphatic heterocycles. The zero-order valence-corrected chi connectivity index (χ0v) is 11.3. The van der Waals surface area contributed by atoms with Gasteiger partial charge in [-0.3, -0.25) is 0 Å². The minimum atomic E-state index is 0.171. The maximum absolute atomic E-state index is 6.40. The van der Waals surface area contributed by atoms with Gasteiger partial charge in [0.15, 0.2) is 0 Å². The highest BCUT2D eigenvalue weighted by molar-refractivity contribution is 7.17. The lowest BCUT2D eigenvalue weighted by Gasteiger charge is -2.24. The van der Waals surface area contributed by atoms with Gasteiger partial charge in [0.2, 0.25) is 0 Å². The van der Waals surface area contributed by atoms with Crippen LogP contribution in [0.1, 0.15) is 30.9 Å². The topological polar surface area (TPSA) is 35.2 Å². The van der Waals surface area contributed by atoms with Gasteiger partial charge in [0, 0.05) is 24.0 Å². The van der Waals surface area contributed by atoms with Crippen molar-refractivity contribution >= 4 is 21.4 Å². The van der Waals surface area contributed by atoms with E-state index in [4.69, 9.17) is 10.5 Å². The van der Waals surface area contributed by atoms with Gasteiger partial charge in [-0.1, -0.05) is 18.2 Å². The second kappa shape index (κ2) is 5.39. The Morgan fingerprint density at radius 1 is 1.28 bits per heavy atom. The van der Waals surface area contributed by atoms with E-state index < -0.39 is 0 Å². The van der Waals surface area contributed by atoms with Gasteiger partial charge in [0.25, 0.3) is 0 Å². The molecule has 2 aromatic rings. The van der Waals surface area contributed by atoms with Crippen LogP contribution < -0.4 is 5.73 Å². The van der Waals surface area contributed by atoms with Crippen LogP contribution in [0.4, 0.5) is 0 Å². The molecule has 1 aromatic carbocycles. The summed E-state index contributed by atoms with van der Waals surface area (Å²) in [5.41, 5.74) is 7.72. The molecule has 0 spiro atoms. The lowest BCUT2D eigenvalue weighted by atomic mass is 9.90. The molecular weight excluding hydrogens is 242 g/mol. The molecule has 1 fully saturated rings. The van der Waals surface area contributed by atoms with Crippen molar-refractivity contribution in [2.75, 3.05) is 13.2 Å². The molecule has 18 heavy (non-hydrogen) atoms. The molecular formula is C15H19NOS. The summed E-state index contributed by atoms with van der Waals surface area (Å²) >= 11 is 1.80. The van der Waals surface area contributed by atoms with Crippen molar-refractivity contribution in [3.63, 3.8) is 0 Å². The second-order valence-electron chi connectivity index (χ2n) is 5.09. The van der Waals surface area contributed by atoms with E-state index in [1.165, 1.54) is 15.6 Å². The lowest BCUT2D eigenvalue weighted by molar-refractivity contribution is 0.0619. The van der Waals surface area contributed by atoms with E-state index in [-0.39, 0.29) is 6.04 Å². The Bertz CT molecular complexity index is 516. The summed E-state index contributed by atoms with van der Waals surface area (Å²) in [4.78, 5) is 0. The SMILES string of the molecule is NC(CC1CCOCC1)c1csc2ccccc12. The van der Waals surface area contributed by atoms with Gasteiger partial charge in [0.05, 0.1) is 0 Å². The third-order valence-electron chi connectivity index (χ3n) is 3.84. The summed E-state index contributed by atoms with van der Waals surface area (Å²) in [6.45, 7) is 1.81. The minimum Gasteiger partial charge on any atom is -0.381 e. The van der Waals surface area contributed by atoms with Crippen LogP contribution in [0, 0.1) is 5.92 Å². The number of hydrogen-bond acceptors (Lipinski definition) is 3. The molecule has 0 aliphatic carbocycles. The number of ether oxygens (including phenoxy) is 1. The standard InChI is InChI=1S/C15H19NOS/c16-14(9-11-5-7-17-8-6-11)13-10-18-15-4-2-1-3-12(13)15/h1-4,10-11,14H,5-9,16H2. The first-order valence-electron chi connectivity index (χ1n) is 6.64. The van der Waals surface area contributed by atoms with Crippen LogP contribution in [0.2, 0.25) is 0 Å². The van der Waals surface area contributed by atoms with E-state index >= 15 is 0 Å². The van der Waals surface area contributed by atoms with E-state index in [0.29, 0.717) is 0 Å². The van der Waals surface area contributed by atoms with Crippen LogP contribution in [-0.4, -0.2) is 13.2 Å². The summed E-state index contributed by atoms with van der Waals surface area (Å²) in [6.07, 6.45) is 3.41. The molecule has 1 atom stereocenters. The quantitative estimate of drug-likeness (QED) is 0.914. The molecule has 1 unspecified atom stereocenters. The number of thiophene rings is 1. The Hall–Kier alpha value is -0.900. The average Bonchev–Trinajstić information content (AvgIpc) is 2.84. The summed E-state index contributed by atoms with van der Waals surface area (Å²) in [6, 6.07) is 8.71. The first-order chi connectivity index (χ1) is 8.84. The minimum absolute atomic E-state index is 0.171. The van der Waals surface area contributed by atoms with Crippen LogP contribution in [0.25, 0.3) is 10.1 Å². The summed E-state index contributed by atoms with van der Waals surface area (Å²) < 4.78 is 6.75. The number of hydrogen-bond donors (Lipinski definition) is 1. The number of nitrogens with two attached hydrogens (primary N) is 1. The molecule has 2 heterocycles. The van der Waals surface area contributed by atoms with Crippen LogP contribution in [0.5, 0.6) is 0 Å². The second-order valence-corrected chi connectivity index (χ2v) is 6.00. The first-order valence-corrected chi connectivity index (χ1v) is 7.52. The molecule has 3 heteroatoms. The van der Waals surface area contributed by atoms with Gasteiger partial charge in [-0.2, -0.15) is 0 Å². The van der Waals surface area contributed by atoms with Crippen molar-refractivity contribution in [1.29, 1.82) is 0 Å². The molecule has 0 radical (unpaired) electrons. The van der Waals surface area contributed by atoms with Gasteiger partial charge in [0.1, 0.15) is 0 Å². The Labute approximate surface area is 112 Å². The lowest BCUT2D eigenvalue weighted by Crippen LogP contribution is -2.21. The van der Waals surface area contributed by atoms with E-state index in [1.54, 1.807) is 11.3 Å². The Morgan fingerprint density at radius 3 is 2.89 bits per heavy atom. The van der Waals surface area contributed by atoms with Crippen molar-refractivity contribution in [3.8, 4) is 0 Å². The Balaban J connectivity index is 1.76. The molecule has 1 aromatic heterocycles.